The lowest BCUT2D eigenvalue weighted by atomic mass is 9.96. The number of anilines is 3. The fraction of sp³-hybridized carbons (Fsp3) is 0.407. The minimum absolute atomic E-state index is 0.0365. The molecule has 4 heterocycles. The summed E-state index contributed by atoms with van der Waals surface area (Å²) in [4.78, 5) is 37.7. The van der Waals surface area contributed by atoms with Gasteiger partial charge in [-0.3, -0.25) is 14.2 Å². The number of nitrogens with one attached hydrogen (secondary N) is 1. The Kier molecular flexibility index (Phi) is 6.53. The van der Waals surface area contributed by atoms with Gasteiger partial charge < -0.3 is 15.1 Å². The Bertz CT molecular complexity index is 1270. The van der Waals surface area contributed by atoms with Gasteiger partial charge in [0.05, 0.1) is 0 Å². The molecule has 1 amide bonds. The van der Waals surface area contributed by atoms with Crippen molar-refractivity contribution >= 4 is 34.3 Å². The molecule has 0 bridgehead atoms. The highest BCUT2D eigenvalue weighted by atomic mass is 16.2. The lowest BCUT2D eigenvalue weighted by molar-refractivity contribution is -0.132. The molecule has 35 heavy (non-hydrogen) atoms. The largest absolute Gasteiger partial charge is 0.372 e. The maximum atomic E-state index is 12.6. The number of rotatable bonds is 7. The number of amides is 1. The van der Waals surface area contributed by atoms with E-state index in [4.69, 9.17) is 0 Å². The fourth-order valence-electron chi connectivity index (χ4n) is 4.87. The highest BCUT2D eigenvalue weighted by Gasteiger charge is 2.29. The molecule has 2 saturated heterocycles. The molecule has 8 nitrogen and oxygen atoms in total. The van der Waals surface area contributed by atoms with Crippen molar-refractivity contribution in [3.05, 3.63) is 65.6 Å². The molecular weight excluding hydrogens is 440 g/mol. The summed E-state index contributed by atoms with van der Waals surface area (Å²) in [6.45, 7) is 10.0. The third-order valence-corrected chi connectivity index (χ3v) is 7.20. The van der Waals surface area contributed by atoms with E-state index >= 15 is 0 Å². The van der Waals surface area contributed by atoms with Crippen LogP contribution < -0.4 is 15.8 Å². The predicted octanol–water partition coefficient (Wildman–Crippen LogP) is 3.81. The molecule has 0 radical (unpaired) electrons. The standard InChI is InChI=1S/C27H32N6O2/c1-3-24(34)32-17-20(18-32)12-15-33-25(35)9-4-21-16-28-27(30-26(21)33)29-22-5-7-23(8-6-22)31-13-10-19(2)11-14-31/h3-9,16,19-20H,1,10-15,17-18H2,2H3,(H,28,29,30). The van der Waals surface area contributed by atoms with Crippen molar-refractivity contribution in [2.45, 2.75) is 32.7 Å². The van der Waals surface area contributed by atoms with Gasteiger partial charge in [0.2, 0.25) is 11.9 Å². The van der Waals surface area contributed by atoms with Gasteiger partial charge in [-0.1, -0.05) is 13.5 Å². The average molecular weight is 473 g/mol. The lowest BCUT2D eigenvalue weighted by Crippen LogP contribution is -2.49. The van der Waals surface area contributed by atoms with Gasteiger partial charge in [0.1, 0.15) is 5.65 Å². The summed E-state index contributed by atoms with van der Waals surface area (Å²) in [5.74, 6) is 1.61. The number of aromatic nitrogens is 3. The molecule has 0 saturated carbocycles. The molecular formula is C27H32N6O2. The smallest absolute Gasteiger partial charge is 0.252 e. The van der Waals surface area contributed by atoms with Crippen molar-refractivity contribution in [1.29, 1.82) is 0 Å². The van der Waals surface area contributed by atoms with E-state index in [0.29, 0.717) is 37.1 Å². The van der Waals surface area contributed by atoms with E-state index in [2.05, 4.69) is 45.8 Å². The number of likely N-dealkylation sites (tertiary alicyclic amines) is 1. The van der Waals surface area contributed by atoms with Gasteiger partial charge >= 0.3 is 0 Å². The number of fused-ring (bicyclic) bond motifs is 1. The van der Waals surface area contributed by atoms with Crippen LogP contribution in [-0.4, -0.2) is 51.5 Å². The molecule has 0 atom stereocenters. The van der Waals surface area contributed by atoms with Crippen molar-refractivity contribution in [1.82, 2.24) is 19.4 Å². The fourth-order valence-corrected chi connectivity index (χ4v) is 4.87. The highest BCUT2D eigenvalue weighted by molar-refractivity contribution is 5.87. The van der Waals surface area contributed by atoms with Gasteiger partial charge in [0.25, 0.3) is 5.56 Å². The van der Waals surface area contributed by atoms with Crippen molar-refractivity contribution < 1.29 is 4.79 Å². The molecule has 1 aromatic carbocycles. The van der Waals surface area contributed by atoms with Crippen LogP contribution in [0.25, 0.3) is 11.0 Å². The Morgan fingerprint density at radius 2 is 1.89 bits per heavy atom. The highest BCUT2D eigenvalue weighted by Crippen LogP contribution is 2.25. The number of aryl methyl sites for hydroxylation is 1. The van der Waals surface area contributed by atoms with Crippen molar-refractivity contribution in [3.8, 4) is 0 Å². The van der Waals surface area contributed by atoms with Crippen LogP contribution in [0, 0.1) is 11.8 Å². The average Bonchev–Trinajstić information content (AvgIpc) is 2.85. The number of carbonyl (C=O) groups is 1. The summed E-state index contributed by atoms with van der Waals surface area (Å²) in [5.41, 5.74) is 2.68. The molecule has 0 aliphatic carbocycles. The molecule has 1 N–H and O–H groups in total. The topological polar surface area (TPSA) is 83.4 Å². The van der Waals surface area contributed by atoms with Crippen molar-refractivity contribution in [2.24, 2.45) is 11.8 Å². The predicted molar refractivity (Wildman–Crippen MR) is 139 cm³/mol. The van der Waals surface area contributed by atoms with E-state index < -0.39 is 0 Å². The van der Waals surface area contributed by atoms with E-state index in [1.54, 1.807) is 27.8 Å². The molecule has 2 aromatic heterocycles. The van der Waals surface area contributed by atoms with Gasteiger partial charge in [-0.05, 0) is 67.5 Å². The first-order chi connectivity index (χ1) is 17.0. The van der Waals surface area contributed by atoms with E-state index in [-0.39, 0.29) is 11.5 Å². The third kappa shape index (κ3) is 5.06. The van der Waals surface area contributed by atoms with Gasteiger partial charge in [-0.15, -0.1) is 0 Å². The van der Waals surface area contributed by atoms with E-state index in [1.807, 2.05) is 12.1 Å². The Hall–Kier alpha value is -3.68. The second-order valence-corrected chi connectivity index (χ2v) is 9.74. The van der Waals surface area contributed by atoms with Crippen LogP contribution in [-0.2, 0) is 11.3 Å². The molecule has 5 rings (SSSR count). The molecule has 2 fully saturated rings. The molecule has 182 valence electrons. The number of benzene rings is 1. The van der Waals surface area contributed by atoms with Crippen LogP contribution in [0.4, 0.5) is 17.3 Å². The van der Waals surface area contributed by atoms with Crippen LogP contribution in [0.1, 0.15) is 26.2 Å². The van der Waals surface area contributed by atoms with E-state index in [1.165, 1.54) is 24.6 Å². The first-order valence-corrected chi connectivity index (χ1v) is 12.4. The lowest BCUT2D eigenvalue weighted by Gasteiger charge is -2.38. The zero-order valence-corrected chi connectivity index (χ0v) is 20.2. The first kappa shape index (κ1) is 23.1. The molecule has 0 unspecified atom stereocenters. The maximum absolute atomic E-state index is 12.6. The Labute approximate surface area is 205 Å². The van der Waals surface area contributed by atoms with Crippen LogP contribution in [0.5, 0.6) is 0 Å². The van der Waals surface area contributed by atoms with Gasteiger partial charge in [-0.25, -0.2) is 4.98 Å². The summed E-state index contributed by atoms with van der Waals surface area (Å²) in [6.07, 6.45) is 6.37. The maximum Gasteiger partial charge on any atom is 0.252 e. The Morgan fingerprint density at radius 1 is 1.14 bits per heavy atom. The van der Waals surface area contributed by atoms with Gasteiger partial charge in [0, 0.05) is 61.7 Å². The quantitative estimate of drug-likeness (QED) is 0.527. The summed E-state index contributed by atoms with van der Waals surface area (Å²) < 4.78 is 1.71. The number of piperidine rings is 1. The molecule has 3 aromatic rings. The van der Waals surface area contributed by atoms with Crippen LogP contribution in [0.15, 0.2) is 60.0 Å². The van der Waals surface area contributed by atoms with Gasteiger partial charge in [-0.2, -0.15) is 4.98 Å². The summed E-state index contributed by atoms with van der Waals surface area (Å²) in [5, 5.41) is 4.10. The number of carbonyl (C=O) groups excluding carboxylic acids is 1. The zero-order chi connectivity index (χ0) is 24.4. The minimum Gasteiger partial charge on any atom is -0.372 e. The van der Waals surface area contributed by atoms with E-state index in [0.717, 1.165) is 36.5 Å². The number of pyridine rings is 1. The van der Waals surface area contributed by atoms with Crippen molar-refractivity contribution in [3.63, 3.8) is 0 Å². The summed E-state index contributed by atoms with van der Waals surface area (Å²) in [6, 6.07) is 11.7. The zero-order valence-electron chi connectivity index (χ0n) is 20.2. The minimum atomic E-state index is -0.0827. The monoisotopic (exact) mass is 472 g/mol. The van der Waals surface area contributed by atoms with Crippen LogP contribution >= 0.6 is 0 Å². The second-order valence-electron chi connectivity index (χ2n) is 9.74. The third-order valence-electron chi connectivity index (χ3n) is 7.20. The number of nitrogens with zero attached hydrogens (tertiary/aromatic N) is 5. The van der Waals surface area contributed by atoms with Crippen LogP contribution in [0.2, 0.25) is 0 Å². The SMILES string of the molecule is C=CC(=O)N1CC(CCn2c(=O)ccc3cnc(Nc4ccc(N5CCC(C)CC5)cc4)nc32)C1. The van der Waals surface area contributed by atoms with E-state index in [9.17, 15) is 9.59 Å². The first-order valence-electron chi connectivity index (χ1n) is 12.4. The molecule has 2 aliphatic rings. The summed E-state index contributed by atoms with van der Waals surface area (Å²) in [7, 11) is 0. The number of hydrogen-bond acceptors (Lipinski definition) is 6. The number of hydrogen-bond donors (Lipinski definition) is 1. The normalized spacial score (nSPS) is 16.8. The van der Waals surface area contributed by atoms with Gasteiger partial charge in [0.15, 0.2) is 0 Å². The molecule has 8 heteroatoms. The second kappa shape index (κ2) is 9.90. The van der Waals surface area contributed by atoms with Crippen molar-refractivity contribution in [2.75, 3.05) is 36.4 Å². The summed E-state index contributed by atoms with van der Waals surface area (Å²) >= 11 is 0. The Morgan fingerprint density at radius 3 is 2.60 bits per heavy atom. The van der Waals surface area contributed by atoms with Crippen LogP contribution in [0.3, 0.4) is 0 Å². The Balaban J connectivity index is 1.28. The molecule has 0 spiro atoms. The molecule has 2 aliphatic heterocycles.